The van der Waals surface area contributed by atoms with E-state index in [1.165, 1.54) is 19.3 Å². The predicted molar refractivity (Wildman–Crippen MR) is 97.8 cm³/mol. The molecule has 0 radical (unpaired) electrons. The minimum Gasteiger partial charge on any atom is -0.481 e. The standard InChI is InChI=1S/C16H25N5O2S/c1-22-14-10-13(21-7-3-2-4-8-21)18-15(19-14)20-16(24)17-11-12-6-5-9-23-12/h10,12H,2-9,11H2,1H3,(H2,17,18,19,20,24)/t12-/m1/s1. The van der Waals surface area contributed by atoms with Crippen molar-refractivity contribution in [2.45, 2.75) is 38.2 Å². The summed E-state index contributed by atoms with van der Waals surface area (Å²) in [6.45, 7) is 3.57. The summed E-state index contributed by atoms with van der Waals surface area (Å²) in [6, 6.07) is 1.87. The van der Waals surface area contributed by atoms with Gasteiger partial charge in [0.25, 0.3) is 0 Å². The molecule has 3 rings (SSSR count). The van der Waals surface area contributed by atoms with E-state index in [4.69, 9.17) is 21.7 Å². The van der Waals surface area contributed by atoms with Gasteiger partial charge in [0.05, 0.1) is 13.2 Å². The molecule has 8 heteroatoms. The first-order valence-electron chi connectivity index (χ1n) is 8.59. The first-order valence-corrected chi connectivity index (χ1v) is 9.00. The van der Waals surface area contributed by atoms with E-state index in [-0.39, 0.29) is 6.10 Å². The highest BCUT2D eigenvalue weighted by atomic mass is 32.1. The molecule has 0 unspecified atom stereocenters. The van der Waals surface area contributed by atoms with Crippen LogP contribution in [0.25, 0.3) is 0 Å². The van der Waals surface area contributed by atoms with Gasteiger partial charge in [-0.2, -0.15) is 9.97 Å². The molecule has 7 nitrogen and oxygen atoms in total. The topological polar surface area (TPSA) is 71.5 Å². The van der Waals surface area contributed by atoms with Gasteiger partial charge in [-0.1, -0.05) is 0 Å². The minimum absolute atomic E-state index is 0.236. The lowest BCUT2D eigenvalue weighted by Gasteiger charge is -2.28. The van der Waals surface area contributed by atoms with E-state index in [0.717, 1.165) is 38.4 Å². The zero-order valence-corrected chi connectivity index (χ0v) is 14.9. The Morgan fingerprint density at radius 1 is 1.33 bits per heavy atom. The fourth-order valence-corrected chi connectivity index (χ4v) is 3.19. The Kier molecular flexibility index (Phi) is 6.03. The van der Waals surface area contributed by atoms with Crippen molar-refractivity contribution in [3.8, 4) is 5.88 Å². The highest BCUT2D eigenvalue weighted by molar-refractivity contribution is 7.80. The van der Waals surface area contributed by atoms with Gasteiger partial charge in [0.1, 0.15) is 5.82 Å². The molecule has 0 aliphatic carbocycles. The van der Waals surface area contributed by atoms with Gasteiger partial charge in [-0.05, 0) is 44.3 Å². The highest BCUT2D eigenvalue weighted by Crippen LogP contribution is 2.22. The van der Waals surface area contributed by atoms with Gasteiger partial charge in [-0.25, -0.2) is 0 Å². The number of thiocarbonyl (C=S) groups is 1. The van der Waals surface area contributed by atoms with Crippen LogP contribution in [0.2, 0.25) is 0 Å². The largest absolute Gasteiger partial charge is 0.481 e. The van der Waals surface area contributed by atoms with Crippen LogP contribution in [0.15, 0.2) is 6.07 Å². The summed E-state index contributed by atoms with van der Waals surface area (Å²) in [5, 5.41) is 6.73. The molecular weight excluding hydrogens is 326 g/mol. The highest BCUT2D eigenvalue weighted by Gasteiger charge is 2.17. The molecule has 2 fully saturated rings. The average molecular weight is 351 g/mol. The van der Waals surface area contributed by atoms with E-state index in [1.54, 1.807) is 7.11 Å². The molecule has 3 heterocycles. The Balaban J connectivity index is 1.61. The van der Waals surface area contributed by atoms with Crippen molar-refractivity contribution in [3.05, 3.63) is 6.07 Å². The molecule has 0 bridgehead atoms. The van der Waals surface area contributed by atoms with Crippen LogP contribution in [0.1, 0.15) is 32.1 Å². The average Bonchev–Trinajstić information content (AvgIpc) is 3.14. The van der Waals surface area contributed by atoms with Crippen molar-refractivity contribution in [2.75, 3.05) is 43.6 Å². The van der Waals surface area contributed by atoms with Crippen LogP contribution in [0, 0.1) is 0 Å². The van der Waals surface area contributed by atoms with Gasteiger partial charge >= 0.3 is 0 Å². The molecule has 1 atom stereocenters. The van der Waals surface area contributed by atoms with E-state index in [2.05, 4.69) is 25.5 Å². The van der Waals surface area contributed by atoms with Crippen molar-refractivity contribution >= 4 is 29.1 Å². The molecule has 1 aromatic rings. The number of hydrogen-bond donors (Lipinski definition) is 2. The van der Waals surface area contributed by atoms with E-state index < -0.39 is 0 Å². The molecule has 0 saturated carbocycles. The first kappa shape index (κ1) is 17.2. The van der Waals surface area contributed by atoms with Crippen LogP contribution < -0.4 is 20.3 Å². The number of anilines is 2. The molecule has 2 N–H and O–H groups in total. The summed E-state index contributed by atoms with van der Waals surface area (Å²) in [5.41, 5.74) is 0. The second-order valence-corrected chi connectivity index (χ2v) is 6.52. The van der Waals surface area contributed by atoms with Crippen LogP contribution in [0.3, 0.4) is 0 Å². The van der Waals surface area contributed by atoms with Crippen molar-refractivity contribution in [1.82, 2.24) is 15.3 Å². The zero-order chi connectivity index (χ0) is 16.8. The number of hydrogen-bond acceptors (Lipinski definition) is 6. The Labute approximate surface area is 148 Å². The predicted octanol–water partition coefficient (Wildman–Crippen LogP) is 1.94. The lowest BCUT2D eigenvalue weighted by Crippen LogP contribution is -2.35. The summed E-state index contributed by atoms with van der Waals surface area (Å²) in [4.78, 5) is 11.2. The summed E-state index contributed by atoms with van der Waals surface area (Å²) < 4.78 is 10.9. The molecule has 0 aromatic carbocycles. The van der Waals surface area contributed by atoms with Crippen LogP contribution in [-0.2, 0) is 4.74 Å². The fourth-order valence-electron chi connectivity index (χ4n) is 3.02. The number of methoxy groups -OCH3 is 1. The molecule has 24 heavy (non-hydrogen) atoms. The van der Waals surface area contributed by atoms with Crippen molar-refractivity contribution in [3.63, 3.8) is 0 Å². The van der Waals surface area contributed by atoms with Gasteiger partial charge < -0.3 is 25.0 Å². The molecular formula is C16H25N5O2S. The van der Waals surface area contributed by atoms with Gasteiger partial charge in [0.2, 0.25) is 11.8 Å². The van der Waals surface area contributed by atoms with Crippen molar-refractivity contribution in [2.24, 2.45) is 0 Å². The third-order valence-electron chi connectivity index (χ3n) is 4.32. The molecule has 2 saturated heterocycles. The third-order valence-corrected chi connectivity index (χ3v) is 4.56. The normalized spacial score (nSPS) is 20.7. The van der Waals surface area contributed by atoms with Crippen LogP contribution >= 0.6 is 12.2 Å². The number of nitrogens with zero attached hydrogens (tertiary/aromatic N) is 3. The molecule has 1 aromatic heterocycles. The maximum absolute atomic E-state index is 5.58. The third kappa shape index (κ3) is 4.67. The monoisotopic (exact) mass is 351 g/mol. The molecule has 2 aliphatic rings. The maximum Gasteiger partial charge on any atom is 0.234 e. The summed E-state index contributed by atoms with van der Waals surface area (Å²) in [6.07, 6.45) is 6.09. The van der Waals surface area contributed by atoms with Crippen molar-refractivity contribution < 1.29 is 9.47 Å². The second-order valence-electron chi connectivity index (χ2n) is 6.11. The van der Waals surface area contributed by atoms with Gasteiger partial charge in [0, 0.05) is 32.3 Å². The SMILES string of the molecule is COc1cc(N2CCCCC2)nc(NC(=S)NC[C@H]2CCCO2)n1. The number of ether oxygens (including phenoxy) is 2. The zero-order valence-electron chi connectivity index (χ0n) is 14.1. The first-order chi connectivity index (χ1) is 11.7. The summed E-state index contributed by atoms with van der Waals surface area (Å²) in [7, 11) is 1.61. The number of aromatic nitrogens is 2. The lowest BCUT2D eigenvalue weighted by atomic mass is 10.1. The molecule has 0 amide bonds. The number of rotatable bonds is 5. The van der Waals surface area contributed by atoms with Crippen LogP contribution in [-0.4, -0.2) is 54.5 Å². The fraction of sp³-hybridized carbons (Fsp3) is 0.688. The van der Waals surface area contributed by atoms with Gasteiger partial charge in [-0.15, -0.1) is 0 Å². The Bertz CT molecular complexity index is 559. The Morgan fingerprint density at radius 2 is 2.17 bits per heavy atom. The smallest absolute Gasteiger partial charge is 0.234 e. The van der Waals surface area contributed by atoms with E-state index in [0.29, 0.717) is 23.5 Å². The molecule has 0 spiro atoms. The lowest BCUT2D eigenvalue weighted by molar-refractivity contribution is 0.114. The number of nitrogens with one attached hydrogen (secondary N) is 2. The molecule has 132 valence electrons. The van der Waals surface area contributed by atoms with E-state index in [1.807, 2.05) is 6.07 Å². The summed E-state index contributed by atoms with van der Waals surface area (Å²) >= 11 is 5.34. The molecule has 2 aliphatic heterocycles. The number of piperidine rings is 1. The van der Waals surface area contributed by atoms with Gasteiger partial charge in [0.15, 0.2) is 5.11 Å². The minimum atomic E-state index is 0.236. The Hall–Kier alpha value is -1.67. The van der Waals surface area contributed by atoms with E-state index in [9.17, 15) is 0 Å². The maximum atomic E-state index is 5.58. The summed E-state index contributed by atoms with van der Waals surface area (Å²) in [5.74, 6) is 1.88. The quantitative estimate of drug-likeness (QED) is 0.780. The van der Waals surface area contributed by atoms with E-state index >= 15 is 0 Å². The van der Waals surface area contributed by atoms with Crippen molar-refractivity contribution in [1.29, 1.82) is 0 Å². The van der Waals surface area contributed by atoms with Gasteiger partial charge in [-0.3, -0.25) is 0 Å². The van der Waals surface area contributed by atoms with Crippen LogP contribution in [0.5, 0.6) is 5.88 Å². The second kappa shape index (κ2) is 8.43. The van der Waals surface area contributed by atoms with Crippen LogP contribution in [0.4, 0.5) is 11.8 Å². The Morgan fingerprint density at radius 3 is 2.88 bits per heavy atom.